The SMILES string of the molecule is CC(=O)OCCC[C@]1(O)CC[C@H]2[C@@H]3C[C@@H](C)[C@@]4(O)C[C@H](OC(C)=O)CC[C@]4(C)[C@H]3CC[C@@]21C. The summed E-state index contributed by atoms with van der Waals surface area (Å²) in [5.74, 6) is 0.974. The van der Waals surface area contributed by atoms with Gasteiger partial charge >= 0.3 is 11.9 Å². The molecule has 188 valence electrons. The minimum atomic E-state index is -0.820. The van der Waals surface area contributed by atoms with Crippen molar-refractivity contribution in [3.05, 3.63) is 0 Å². The average Bonchev–Trinajstić information content (AvgIpc) is 2.99. The first kappa shape index (κ1) is 25.0. The molecule has 33 heavy (non-hydrogen) atoms. The van der Waals surface area contributed by atoms with E-state index in [-0.39, 0.29) is 34.8 Å². The maximum Gasteiger partial charge on any atom is 0.302 e. The van der Waals surface area contributed by atoms with E-state index in [9.17, 15) is 19.8 Å². The normalized spacial score (nSPS) is 48.9. The van der Waals surface area contributed by atoms with Gasteiger partial charge in [0.2, 0.25) is 0 Å². The molecule has 0 bridgehead atoms. The Labute approximate surface area is 198 Å². The van der Waals surface area contributed by atoms with Gasteiger partial charge in [0.25, 0.3) is 0 Å². The molecule has 0 spiro atoms. The molecule has 0 saturated heterocycles. The summed E-state index contributed by atoms with van der Waals surface area (Å²) in [6.45, 7) is 10.0. The minimum absolute atomic E-state index is 0.127. The first-order chi connectivity index (χ1) is 15.4. The Balaban J connectivity index is 1.53. The van der Waals surface area contributed by atoms with E-state index in [1.807, 2.05) is 0 Å². The van der Waals surface area contributed by atoms with Crippen molar-refractivity contribution in [3.8, 4) is 0 Å². The highest BCUT2D eigenvalue weighted by Gasteiger charge is 2.68. The Bertz CT molecular complexity index is 783. The Hall–Kier alpha value is -1.14. The molecule has 4 fully saturated rings. The summed E-state index contributed by atoms with van der Waals surface area (Å²) in [5.41, 5.74) is -1.86. The third kappa shape index (κ3) is 3.84. The van der Waals surface area contributed by atoms with Crippen molar-refractivity contribution < 1.29 is 29.3 Å². The Kier molecular flexibility index (Phi) is 6.44. The number of aliphatic hydroxyl groups is 2. The van der Waals surface area contributed by atoms with Crippen molar-refractivity contribution in [2.45, 2.75) is 116 Å². The second kappa shape index (κ2) is 8.51. The Morgan fingerprint density at radius 3 is 2.24 bits per heavy atom. The van der Waals surface area contributed by atoms with E-state index in [0.717, 1.165) is 44.9 Å². The van der Waals surface area contributed by atoms with Crippen LogP contribution in [0.3, 0.4) is 0 Å². The Morgan fingerprint density at radius 1 is 0.939 bits per heavy atom. The molecule has 4 aliphatic carbocycles. The second-order valence-corrected chi connectivity index (χ2v) is 12.3. The topological polar surface area (TPSA) is 93.1 Å². The standard InChI is InChI=1S/C27H44O6/c1-17-15-21-22-9-13-26(30,10-6-14-32-18(2)28)24(22,4)12-8-23(21)25(5)11-7-20(33-19(3)29)16-27(17,25)31/h17,20-23,30-31H,6-16H2,1-5H3/t17-,20-,21+,22+,23+,24+,25-,26+,27+/m1/s1. The molecule has 4 rings (SSSR count). The highest BCUT2D eigenvalue weighted by molar-refractivity contribution is 5.66. The van der Waals surface area contributed by atoms with Gasteiger partial charge in [-0.2, -0.15) is 0 Å². The maximum atomic E-state index is 12.1. The number of hydrogen-bond donors (Lipinski definition) is 2. The van der Waals surface area contributed by atoms with Crippen LogP contribution < -0.4 is 0 Å². The molecule has 9 atom stereocenters. The second-order valence-electron chi connectivity index (χ2n) is 12.3. The van der Waals surface area contributed by atoms with Crippen LogP contribution in [-0.4, -0.2) is 46.1 Å². The fourth-order valence-electron chi connectivity index (χ4n) is 9.08. The van der Waals surface area contributed by atoms with Gasteiger partial charge < -0.3 is 19.7 Å². The van der Waals surface area contributed by atoms with Crippen molar-refractivity contribution in [1.29, 1.82) is 0 Å². The lowest BCUT2D eigenvalue weighted by molar-refractivity contribution is -0.251. The van der Waals surface area contributed by atoms with Crippen LogP contribution in [0.15, 0.2) is 0 Å². The van der Waals surface area contributed by atoms with Gasteiger partial charge in [-0.05, 0) is 92.3 Å². The molecule has 0 aliphatic heterocycles. The van der Waals surface area contributed by atoms with Crippen LogP contribution in [-0.2, 0) is 19.1 Å². The van der Waals surface area contributed by atoms with E-state index in [4.69, 9.17) is 9.47 Å². The van der Waals surface area contributed by atoms with Crippen LogP contribution in [0.4, 0.5) is 0 Å². The highest BCUT2D eigenvalue weighted by Crippen LogP contribution is 2.70. The van der Waals surface area contributed by atoms with Crippen LogP contribution in [0.1, 0.15) is 98.8 Å². The summed E-state index contributed by atoms with van der Waals surface area (Å²) in [4.78, 5) is 22.7. The van der Waals surface area contributed by atoms with Crippen molar-refractivity contribution in [1.82, 2.24) is 0 Å². The monoisotopic (exact) mass is 464 g/mol. The lowest BCUT2D eigenvalue weighted by atomic mass is 9.41. The number of rotatable bonds is 5. The first-order valence-corrected chi connectivity index (χ1v) is 13.1. The fourth-order valence-corrected chi connectivity index (χ4v) is 9.08. The van der Waals surface area contributed by atoms with Gasteiger partial charge in [-0.1, -0.05) is 20.8 Å². The van der Waals surface area contributed by atoms with E-state index in [1.165, 1.54) is 13.8 Å². The molecule has 0 radical (unpaired) electrons. The van der Waals surface area contributed by atoms with E-state index >= 15 is 0 Å². The molecule has 0 amide bonds. The summed E-state index contributed by atoms with van der Waals surface area (Å²) in [6.07, 6.45) is 8.19. The third-order valence-corrected chi connectivity index (χ3v) is 10.9. The molecular weight excluding hydrogens is 420 g/mol. The van der Waals surface area contributed by atoms with E-state index in [2.05, 4.69) is 20.8 Å². The summed E-state index contributed by atoms with van der Waals surface area (Å²) in [6, 6.07) is 0. The largest absolute Gasteiger partial charge is 0.466 e. The summed E-state index contributed by atoms with van der Waals surface area (Å²) < 4.78 is 10.7. The van der Waals surface area contributed by atoms with Crippen LogP contribution in [0, 0.1) is 34.5 Å². The molecule has 0 aromatic rings. The third-order valence-electron chi connectivity index (χ3n) is 10.9. The van der Waals surface area contributed by atoms with Gasteiger partial charge in [-0.3, -0.25) is 9.59 Å². The van der Waals surface area contributed by atoms with Gasteiger partial charge in [-0.15, -0.1) is 0 Å². The molecule has 0 unspecified atom stereocenters. The smallest absolute Gasteiger partial charge is 0.302 e. The lowest BCUT2D eigenvalue weighted by Crippen LogP contribution is -2.66. The summed E-state index contributed by atoms with van der Waals surface area (Å²) in [5, 5.41) is 23.8. The van der Waals surface area contributed by atoms with Crippen molar-refractivity contribution in [2.75, 3.05) is 6.61 Å². The number of fused-ring (bicyclic) bond motifs is 5. The molecule has 2 N–H and O–H groups in total. The minimum Gasteiger partial charge on any atom is -0.466 e. The van der Waals surface area contributed by atoms with E-state index in [1.54, 1.807) is 0 Å². The lowest BCUT2D eigenvalue weighted by Gasteiger charge is -2.66. The number of ether oxygens (including phenoxy) is 2. The molecule has 0 aromatic carbocycles. The van der Waals surface area contributed by atoms with E-state index in [0.29, 0.717) is 43.6 Å². The molecule has 4 aliphatic rings. The van der Waals surface area contributed by atoms with Crippen LogP contribution >= 0.6 is 0 Å². The summed E-state index contributed by atoms with van der Waals surface area (Å²) in [7, 11) is 0. The fraction of sp³-hybridized carbons (Fsp3) is 0.926. The Morgan fingerprint density at radius 2 is 1.58 bits per heavy atom. The first-order valence-electron chi connectivity index (χ1n) is 13.1. The summed E-state index contributed by atoms with van der Waals surface area (Å²) >= 11 is 0. The zero-order valence-corrected chi connectivity index (χ0v) is 21.2. The molecule has 6 nitrogen and oxygen atoms in total. The zero-order valence-electron chi connectivity index (χ0n) is 21.2. The van der Waals surface area contributed by atoms with Gasteiger partial charge in [0.1, 0.15) is 6.10 Å². The van der Waals surface area contributed by atoms with Crippen molar-refractivity contribution >= 4 is 11.9 Å². The van der Waals surface area contributed by atoms with Crippen molar-refractivity contribution in [3.63, 3.8) is 0 Å². The molecule has 0 heterocycles. The predicted molar refractivity (Wildman–Crippen MR) is 124 cm³/mol. The van der Waals surface area contributed by atoms with Crippen LogP contribution in [0.25, 0.3) is 0 Å². The number of carbonyl (C=O) groups excluding carboxylic acids is 2. The average molecular weight is 465 g/mol. The van der Waals surface area contributed by atoms with E-state index < -0.39 is 11.2 Å². The zero-order chi connectivity index (χ0) is 24.2. The van der Waals surface area contributed by atoms with Gasteiger partial charge in [0.05, 0.1) is 17.8 Å². The number of esters is 2. The van der Waals surface area contributed by atoms with Crippen molar-refractivity contribution in [2.24, 2.45) is 34.5 Å². The highest BCUT2D eigenvalue weighted by atomic mass is 16.5. The van der Waals surface area contributed by atoms with Gasteiger partial charge in [0, 0.05) is 20.3 Å². The molecule has 6 heteroatoms. The predicted octanol–water partition coefficient (Wildman–Crippen LogP) is 4.40. The van der Waals surface area contributed by atoms with Gasteiger partial charge in [-0.25, -0.2) is 0 Å². The maximum absolute atomic E-state index is 12.1. The number of hydrogen-bond acceptors (Lipinski definition) is 6. The van der Waals surface area contributed by atoms with Gasteiger partial charge in [0.15, 0.2) is 0 Å². The quantitative estimate of drug-likeness (QED) is 0.463. The van der Waals surface area contributed by atoms with Crippen LogP contribution in [0.5, 0.6) is 0 Å². The molecule has 0 aromatic heterocycles. The van der Waals surface area contributed by atoms with Crippen LogP contribution in [0.2, 0.25) is 0 Å². The number of carbonyl (C=O) groups is 2. The molecular formula is C27H44O6. The molecule has 4 saturated carbocycles.